The SMILES string of the molecule is CCn1cc(S(=O)(=O)Nc2cc(Cl)nc(OC)c2)nc1C. The minimum atomic E-state index is -3.79. The summed E-state index contributed by atoms with van der Waals surface area (Å²) in [4.78, 5) is 7.92. The first-order valence-electron chi connectivity index (χ1n) is 6.14. The lowest BCUT2D eigenvalue weighted by Crippen LogP contribution is -2.13. The summed E-state index contributed by atoms with van der Waals surface area (Å²) in [6.45, 7) is 4.30. The maximum atomic E-state index is 12.3. The van der Waals surface area contributed by atoms with E-state index in [1.165, 1.54) is 25.4 Å². The van der Waals surface area contributed by atoms with Crippen molar-refractivity contribution in [2.24, 2.45) is 0 Å². The molecule has 2 aromatic rings. The molecule has 2 rings (SSSR count). The van der Waals surface area contributed by atoms with E-state index in [1.54, 1.807) is 11.5 Å². The third kappa shape index (κ3) is 3.45. The van der Waals surface area contributed by atoms with E-state index in [9.17, 15) is 8.42 Å². The average Bonchev–Trinajstić information content (AvgIpc) is 2.79. The van der Waals surface area contributed by atoms with Gasteiger partial charge in [0, 0.05) is 18.8 Å². The van der Waals surface area contributed by atoms with Crippen molar-refractivity contribution < 1.29 is 13.2 Å². The lowest BCUT2D eigenvalue weighted by Gasteiger charge is -2.07. The van der Waals surface area contributed by atoms with Crippen LogP contribution in [-0.2, 0) is 16.6 Å². The Balaban J connectivity index is 2.34. The van der Waals surface area contributed by atoms with Gasteiger partial charge in [0.05, 0.1) is 12.8 Å². The van der Waals surface area contributed by atoms with Crippen LogP contribution in [0, 0.1) is 6.92 Å². The molecule has 0 aromatic carbocycles. The molecule has 9 heteroatoms. The molecule has 0 saturated heterocycles. The molecule has 0 aliphatic heterocycles. The lowest BCUT2D eigenvalue weighted by molar-refractivity contribution is 0.398. The molecule has 0 aliphatic carbocycles. The fourth-order valence-electron chi connectivity index (χ4n) is 1.77. The molecule has 0 radical (unpaired) electrons. The van der Waals surface area contributed by atoms with Crippen LogP contribution >= 0.6 is 11.6 Å². The number of imidazole rings is 1. The Bertz CT molecular complexity index is 758. The van der Waals surface area contributed by atoms with Crippen LogP contribution in [0.15, 0.2) is 23.4 Å². The number of methoxy groups -OCH3 is 1. The van der Waals surface area contributed by atoms with Crippen molar-refractivity contribution in [1.82, 2.24) is 14.5 Å². The fraction of sp³-hybridized carbons (Fsp3) is 0.333. The molecule has 0 spiro atoms. The van der Waals surface area contributed by atoms with Gasteiger partial charge in [-0.3, -0.25) is 4.72 Å². The van der Waals surface area contributed by atoms with Gasteiger partial charge in [-0.25, -0.2) is 9.97 Å². The Labute approximate surface area is 128 Å². The number of sulfonamides is 1. The predicted molar refractivity (Wildman–Crippen MR) is 79.2 cm³/mol. The molecule has 114 valence electrons. The quantitative estimate of drug-likeness (QED) is 0.848. The Hall–Kier alpha value is -1.80. The molecule has 0 saturated carbocycles. The minimum absolute atomic E-state index is 0.0475. The zero-order valence-corrected chi connectivity index (χ0v) is 13.4. The van der Waals surface area contributed by atoms with Crippen LogP contribution < -0.4 is 9.46 Å². The number of pyridine rings is 1. The summed E-state index contributed by atoms with van der Waals surface area (Å²) >= 11 is 5.81. The second kappa shape index (κ2) is 5.90. The number of hydrogen-bond acceptors (Lipinski definition) is 5. The largest absolute Gasteiger partial charge is 0.481 e. The summed E-state index contributed by atoms with van der Waals surface area (Å²) in [5.74, 6) is 0.846. The monoisotopic (exact) mass is 330 g/mol. The van der Waals surface area contributed by atoms with Crippen LogP contribution in [0.25, 0.3) is 0 Å². The van der Waals surface area contributed by atoms with E-state index in [2.05, 4.69) is 14.7 Å². The van der Waals surface area contributed by atoms with Gasteiger partial charge in [-0.2, -0.15) is 8.42 Å². The topological polar surface area (TPSA) is 86.1 Å². The van der Waals surface area contributed by atoms with E-state index < -0.39 is 10.0 Å². The first-order valence-corrected chi connectivity index (χ1v) is 8.00. The number of rotatable bonds is 5. The molecular weight excluding hydrogens is 316 g/mol. The van der Waals surface area contributed by atoms with E-state index in [-0.39, 0.29) is 21.7 Å². The van der Waals surface area contributed by atoms with Gasteiger partial charge in [-0.05, 0) is 19.9 Å². The molecule has 1 N–H and O–H groups in total. The molecule has 2 aromatic heterocycles. The predicted octanol–water partition coefficient (Wildman–Crippen LogP) is 2.07. The normalized spacial score (nSPS) is 11.4. The van der Waals surface area contributed by atoms with Crippen molar-refractivity contribution in [3.05, 3.63) is 29.3 Å². The van der Waals surface area contributed by atoms with Crippen molar-refractivity contribution in [2.75, 3.05) is 11.8 Å². The van der Waals surface area contributed by atoms with Gasteiger partial charge in [0.2, 0.25) is 5.88 Å². The van der Waals surface area contributed by atoms with E-state index in [0.29, 0.717) is 12.4 Å². The van der Waals surface area contributed by atoms with E-state index in [4.69, 9.17) is 16.3 Å². The highest BCUT2D eigenvalue weighted by molar-refractivity contribution is 7.92. The Morgan fingerprint density at radius 3 is 2.67 bits per heavy atom. The molecular formula is C12H15ClN4O3S. The van der Waals surface area contributed by atoms with Crippen LogP contribution in [0.4, 0.5) is 5.69 Å². The van der Waals surface area contributed by atoms with Gasteiger partial charge in [0.1, 0.15) is 11.0 Å². The van der Waals surface area contributed by atoms with Gasteiger partial charge in [-0.15, -0.1) is 0 Å². The summed E-state index contributed by atoms with van der Waals surface area (Å²) in [7, 11) is -2.37. The highest BCUT2D eigenvalue weighted by Gasteiger charge is 2.19. The lowest BCUT2D eigenvalue weighted by atomic mass is 10.4. The maximum absolute atomic E-state index is 12.3. The highest BCUT2D eigenvalue weighted by Crippen LogP contribution is 2.22. The number of halogens is 1. The van der Waals surface area contributed by atoms with Crippen LogP contribution in [0.1, 0.15) is 12.7 Å². The third-order valence-electron chi connectivity index (χ3n) is 2.80. The van der Waals surface area contributed by atoms with Crippen molar-refractivity contribution >= 4 is 27.3 Å². The van der Waals surface area contributed by atoms with Crippen LogP contribution in [0.5, 0.6) is 5.88 Å². The Kier molecular flexibility index (Phi) is 4.38. The first-order chi connectivity index (χ1) is 9.85. The molecule has 7 nitrogen and oxygen atoms in total. The van der Waals surface area contributed by atoms with Crippen LogP contribution in [-0.4, -0.2) is 30.1 Å². The Morgan fingerprint density at radius 2 is 2.10 bits per heavy atom. The van der Waals surface area contributed by atoms with E-state index >= 15 is 0 Å². The zero-order valence-electron chi connectivity index (χ0n) is 11.8. The average molecular weight is 331 g/mol. The molecule has 0 amide bonds. The molecule has 0 unspecified atom stereocenters. The van der Waals surface area contributed by atoms with Crippen molar-refractivity contribution in [3.63, 3.8) is 0 Å². The number of nitrogens with zero attached hydrogens (tertiary/aromatic N) is 3. The van der Waals surface area contributed by atoms with Crippen molar-refractivity contribution in [2.45, 2.75) is 25.4 Å². The second-order valence-corrected chi connectivity index (χ2v) is 6.26. The van der Waals surface area contributed by atoms with E-state index in [1.807, 2.05) is 6.92 Å². The van der Waals surface area contributed by atoms with E-state index in [0.717, 1.165) is 0 Å². The van der Waals surface area contributed by atoms with Gasteiger partial charge in [0.25, 0.3) is 10.0 Å². The summed E-state index contributed by atoms with van der Waals surface area (Å²) in [5.41, 5.74) is 0.260. The number of anilines is 1. The third-order valence-corrected chi connectivity index (χ3v) is 4.25. The molecule has 0 aliphatic rings. The van der Waals surface area contributed by atoms with Crippen molar-refractivity contribution in [1.29, 1.82) is 0 Å². The van der Waals surface area contributed by atoms with Crippen LogP contribution in [0.3, 0.4) is 0 Å². The maximum Gasteiger partial charge on any atom is 0.280 e. The smallest absolute Gasteiger partial charge is 0.280 e. The van der Waals surface area contributed by atoms with Crippen LogP contribution in [0.2, 0.25) is 5.15 Å². The molecule has 0 fully saturated rings. The van der Waals surface area contributed by atoms with Gasteiger partial charge in [-0.1, -0.05) is 11.6 Å². The van der Waals surface area contributed by atoms with Gasteiger partial charge in [0.15, 0.2) is 5.03 Å². The van der Waals surface area contributed by atoms with Gasteiger partial charge >= 0.3 is 0 Å². The number of ether oxygens (including phenoxy) is 1. The fourth-order valence-corrected chi connectivity index (χ4v) is 3.02. The first kappa shape index (κ1) is 15.6. The summed E-state index contributed by atoms with van der Waals surface area (Å²) < 4.78 is 33.7. The molecule has 0 bridgehead atoms. The number of hydrogen-bond donors (Lipinski definition) is 1. The second-order valence-electron chi connectivity index (χ2n) is 4.24. The summed E-state index contributed by atoms with van der Waals surface area (Å²) in [5, 5.41) is 0.0797. The summed E-state index contributed by atoms with van der Waals surface area (Å²) in [6.07, 6.45) is 1.48. The molecule has 21 heavy (non-hydrogen) atoms. The standard InChI is InChI=1S/C12H15ClN4O3S/c1-4-17-7-12(14-8(17)2)21(18,19)16-9-5-10(13)15-11(6-9)20-3/h5-7H,4H2,1-3H3,(H,15,16). The summed E-state index contributed by atoms with van der Waals surface area (Å²) in [6, 6.07) is 2.83. The highest BCUT2D eigenvalue weighted by atomic mass is 35.5. The zero-order chi connectivity index (χ0) is 15.6. The number of nitrogens with one attached hydrogen (secondary N) is 1. The molecule has 2 heterocycles. The van der Waals surface area contributed by atoms with Gasteiger partial charge < -0.3 is 9.30 Å². The Morgan fingerprint density at radius 1 is 1.38 bits per heavy atom. The minimum Gasteiger partial charge on any atom is -0.481 e. The number of aryl methyl sites for hydroxylation is 2. The van der Waals surface area contributed by atoms with Crippen molar-refractivity contribution in [3.8, 4) is 5.88 Å². The molecule has 0 atom stereocenters. The number of aromatic nitrogens is 3.